The molecule has 0 fully saturated rings. The molecule has 0 aliphatic rings. The number of aromatic carboxylic acids is 1. The Hall–Kier alpha value is -2.50. The van der Waals surface area contributed by atoms with Gasteiger partial charge in [-0.15, -0.1) is 0 Å². The second kappa shape index (κ2) is 5.71. The second-order valence-corrected chi connectivity index (χ2v) is 4.79. The van der Waals surface area contributed by atoms with Crippen molar-refractivity contribution in [2.75, 3.05) is 7.11 Å². The van der Waals surface area contributed by atoms with Crippen molar-refractivity contribution in [2.24, 2.45) is 0 Å². The number of hydrogen-bond donors (Lipinski definition) is 1. The molecule has 22 heavy (non-hydrogen) atoms. The molecular formula is C16H13F3O3. The van der Waals surface area contributed by atoms with Crippen LogP contribution in [0, 0.1) is 6.92 Å². The molecule has 2 rings (SSSR count). The van der Waals surface area contributed by atoms with Crippen molar-refractivity contribution in [3.8, 4) is 16.9 Å². The van der Waals surface area contributed by atoms with Crippen molar-refractivity contribution in [1.82, 2.24) is 0 Å². The number of methoxy groups -OCH3 is 1. The van der Waals surface area contributed by atoms with E-state index >= 15 is 0 Å². The molecule has 0 heterocycles. The van der Waals surface area contributed by atoms with Crippen LogP contribution in [0.25, 0.3) is 11.1 Å². The topological polar surface area (TPSA) is 46.5 Å². The van der Waals surface area contributed by atoms with Crippen molar-refractivity contribution in [3.63, 3.8) is 0 Å². The minimum atomic E-state index is -4.61. The Kier molecular flexibility index (Phi) is 4.12. The first-order chi connectivity index (χ1) is 10.2. The standard InChI is InChI=1S/C16H13F3O3/c1-9-5-10(3-4-14(9)22-2)11-6-12(15(20)21)8-13(7-11)16(17,18)19/h3-8H,1-2H3,(H,20,21). The van der Waals surface area contributed by atoms with Crippen molar-refractivity contribution in [2.45, 2.75) is 13.1 Å². The fourth-order valence-electron chi connectivity index (χ4n) is 2.14. The van der Waals surface area contributed by atoms with Crippen LogP contribution in [0.5, 0.6) is 5.75 Å². The third-order valence-electron chi connectivity index (χ3n) is 3.24. The maximum absolute atomic E-state index is 12.9. The molecule has 2 aromatic rings. The Morgan fingerprint density at radius 2 is 1.77 bits per heavy atom. The number of benzene rings is 2. The van der Waals surface area contributed by atoms with Gasteiger partial charge in [-0.3, -0.25) is 0 Å². The molecule has 0 saturated heterocycles. The lowest BCUT2D eigenvalue weighted by Gasteiger charge is -2.12. The summed E-state index contributed by atoms with van der Waals surface area (Å²) in [4.78, 5) is 11.0. The van der Waals surface area contributed by atoms with Gasteiger partial charge in [-0.05, 0) is 53.9 Å². The summed E-state index contributed by atoms with van der Waals surface area (Å²) in [6.45, 7) is 1.76. The molecule has 0 saturated carbocycles. The van der Waals surface area contributed by atoms with E-state index in [4.69, 9.17) is 9.84 Å². The van der Waals surface area contributed by atoms with Gasteiger partial charge in [0.05, 0.1) is 18.2 Å². The Morgan fingerprint density at radius 1 is 1.09 bits per heavy atom. The number of hydrogen-bond acceptors (Lipinski definition) is 2. The van der Waals surface area contributed by atoms with E-state index in [1.54, 1.807) is 25.1 Å². The third-order valence-corrected chi connectivity index (χ3v) is 3.24. The monoisotopic (exact) mass is 310 g/mol. The van der Waals surface area contributed by atoms with Crippen molar-refractivity contribution in [1.29, 1.82) is 0 Å². The minimum Gasteiger partial charge on any atom is -0.496 e. The van der Waals surface area contributed by atoms with Gasteiger partial charge in [-0.1, -0.05) is 6.07 Å². The summed E-state index contributed by atoms with van der Waals surface area (Å²) in [5, 5.41) is 9.00. The third kappa shape index (κ3) is 3.21. The summed E-state index contributed by atoms with van der Waals surface area (Å²) in [6.07, 6.45) is -4.61. The molecule has 0 bridgehead atoms. The van der Waals surface area contributed by atoms with Gasteiger partial charge < -0.3 is 9.84 Å². The molecule has 0 spiro atoms. The Morgan fingerprint density at radius 3 is 2.27 bits per heavy atom. The fourth-order valence-corrected chi connectivity index (χ4v) is 2.14. The van der Waals surface area contributed by atoms with E-state index in [-0.39, 0.29) is 5.56 Å². The molecule has 6 heteroatoms. The van der Waals surface area contributed by atoms with Gasteiger partial charge in [0.2, 0.25) is 0 Å². The highest BCUT2D eigenvalue weighted by atomic mass is 19.4. The van der Waals surface area contributed by atoms with E-state index in [1.165, 1.54) is 13.2 Å². The van der Waals surface area contributed by atoms with Crippen LogP contribution in [0.4, 0.5) is 13.2 Å². The van der Waals surface area contributed by atoms with E-state index in [2.05, 4.69) is 0 Å². The normalized spacial score (nSPS) is 11.3. The van der Waals surface area contributed by atoms with Gasteiger partial charge in [0.25, 0.3) is 0 Å². The van der Waals surface area contributed by atoms with Crippen LogP contribution in [0.2, 0.25) is 0 Å². The summed E-state index contributed by atoms with van der Waals surface area (Å²) < 4.78 is 43.8. The molecule has 0 radical (unpaired) electrons. The molecule has 0 aliphatic carbocycles. The smallest absolute Gasteiger partial charge is 0.416 e. The van der Waals surface area contributed by atoms with Gasteiger partial charge in [-0.25, -0.2) is 4.79 Å². The van der Waals surface area contributed by atoms with Gasteiger partial charge in [-0.2, -0.15) is 13.2 Å². The van der Waals surface area contributed by atoms with Crippen LogP contribution in [-0.4, -0.2) is 18.2 Å². The summed E-state index contributed by atoms with van der Waals surface area (Å²) in [6, 6.07) is 7.66. The number of ether oxygens (including phenoxy) is 1. The Labute approximate surface area is 125 Å². The van der Waals surface area contributed by atoms with Gasteiger partial charge >= 0.3 is 12.1 Å². The number of carbonyl (C=O) groups is 1. The first kappa shape index (κ1) is 15.9. The highest BCUT2D eigenvalue weighted by Crippen LogP contribution is 2.34. The summed E-state index contributed by atoms with van der Waals surface area (Å²) in [7, 11) is 1.49. The molecule has 0 aliphatic heterocycles. The van der Waals surface area contributed by atoms with E-state index < -0.39 is 23.3 Å². The lowest BCUT2D eigenvalue weighted by molar-refractivity contribution is -0.137. The molecule has 1 N–H and O–H groups in total. The van der Waals surface area contributed by atoms with Crippen LogP contribution >= 0.6 is 0 Å². The predicted molar refractivity (Wildman–Crippen MR) is 75.1 cm³/mol. The fraction of sp³-hybridized carbons (Fsp3) is 0.188. The zero-order valence-electron chi connectivity index (χ0n) is 11.9. The molecule has 0 aromatic heterocycles. The van der Waals surface area contributed by atoms with Gasteiger partial charge in [0.15, 0.2) is 0 Å². The number of rotatable bonds is 3. The zero-order chi connectivity index (χ0) is 16.5. The van der Waals surface area contributed by atoms with Gasteiger partial charge in [0.1, 0.15) is 5.75 Å². The van der Waals surface area contributed by atoms with Crippen molar-refractivity contribution < 1.29 is 27.8 Å². The average Bonchev–Trinajstić information content (AvgIpc) is 2.45. The van der Waals surface area contributed by atoms with Crippen LogP contribution < -0.4 is 4.74 Å². The molecular weight excluding hydrogens is 297 g/mol. The largest absolute Gasteiger partial charge is 0.496 e. The Bertz CT molecular complexity index is 721. The first-order valence-corrected chi connectivity index (χ1v) is 6.33. The lowest BCUT2D eigenvalue weighted by Crippen LogP contribution is -2.08. The molecule has 0 atom stereocenters. The molecule has 0 amide bonds. The molecule has 116 valence electrons. The maximum Gasteiger partial charge on any atom is 0.416 e. The highest BCUT2D eigenvalue weighted by Gasteiger charge is 2.32. The molecule has 0 unspecified atom stereocenters. The van der Waals surface area contributed by atoms with E-state index in [0.29, 0.717) is 17.4 Å². The van der Waals surface area contributed by atoms with Crippen LogP contribution in [0.15, 0.2) is 36.4 Å². The number of aryl methyl sites for hydroxylation is 1. The number of carboxylic acids is 1. The number of alkyl halides is 3. The average molecular weight is 310 g/mol. The second-order valence-electron chi connectivity index (χ2n) is 4.79. The lowest BCUT2D eigenvalue weighted by atomic mass is 9.98. The SMILES string of the molecule is COc1ccc(-c2cc(C(=O)O)cc(C(F)(F)F)c2)cc1C. The van der Waals surface area contributed by atoms with E-state index in [1.807, 2.05) is 0 Å². The quantitative estimate of drug-likeness (QED) is 0.914. The molecule has 2 aromatic carbocycles. The molecule has 3 nitrogen and oxygen atoms in total. The highest BCUT2D eigenvalue weighted by molar-refractivity contribution is 5.90. The summed E-state index contributed by atoms with van der Waals surface area (Å²) in [5.41, 5.74) is 0.0355. The van der Waals surface area contributed by atoms with Crippen molar-refractivity contribution >= 4 is 5.97 Å². The first-order valence-electron chi connectivity index (χ1n) is 6.33. The summed E-state index contributed by atoms with van der Waals surface area (Å²) >= 11 is 0. The van der Waals surface area contributed by atoms with Crippen LogP contribution in [0.3, 0.4) is 0 Å². The van der Waals surface area contributed by atoms with Crippen LogP contribution in [0.1, 0.15) is 21.5 Å². The van der Waals surface area contributed by atoms with E-state index in [0.717, 1.165) is 11.6 Å². The Balaban J connectivity index is 2.61. The zero-order valence-corrected chi connectivity index (χ0v) is 11.9. The van der Waals surface area contributed by atoms with Crippen molar-refractivity contribution in [3.05, 3.63) is 53.1 Å². The van der Waals surface area contributed by atoms with Crippen LogP contribution in [-0.2, 0) is 6.18 Å². The minimum absolute atomic E-state index is 0.193. The maximum atomic E-state index is 12.9. The predicted octanol–water partition coefficient (Wildman–Crippen LogP) is 4.39. The number of halogens is 3. The summed E-state index contributed by atoms with van der Waals surface area (Å²) in [5.74, 6) is -0.799. The van der Waals surface area contributed by atoms with E-state index in [9.17, 15) is 18.0 Å². The van der Waals surface area contributed by atoms with Gasteiger partial charge in [0, 0.05) is 0 Å². The number of carboxylic acid groups (broad SMARTS) is 1.